The summed E-state index contributed by atoms with van der Waals surface area (Å²) in [7, 11) is 1.53. The lowest BCUT2D eigenvalue weighted by molar-refractivity contribution is -0.112. The van der Waals surface area contributed by atoms with Crippen molar-refractivity contribution in [1.82, 2.24) is 0 Å². The molecule has 0 spiro atoms. The number of halogens is 2. The molecule has 0 radical (unpaired) electrons. The number of nitriles is 1. The third-order valence-electron chi connectivity index (χ3n) is 5.03. The molecule has 3 aromatic carbocycles. The van der Waals surface area contributed by atoms with Gasteiger partial charge in [0.2, 0.25) is 0 Å². The van der Waals surface area contributed by atoms with Gasteiger partial charge >= 0.3 is 0 Å². The summed E-state index contributed by atoms with van der Waals surface area (Å²) >= 11 is 3.52. The van der Waals surface area contributed by atoms with Crippen LogP contribution in [0.2, 0.25) is 0 Å². The number of aryl methyl sites for hydroxylation is 2. The SMILES string of the molecule is COc1cc(/C=C(\C#N)C(=O)Nc2ccc(C)cc2C)cc(Br)c1Cc1ccccc1F. The Labute approximate surface area is 195 Å². The smallest absolute Gasteiger partial charge is 0.266 e. The predicted octanol–water partition coefficient (Wildman–Crippen LogP) is 6.35. The van der Waals surface area contributed by atoms with Crippen LogP contribution in [0, 0.1) is 31.0 Å². The van der Waals surface area contributed by atoms with Crippen LogP contribution in [0.3, 0.4) is 0 Å². The van der Waals surface area contributed by atoms with Crippen LogP contribution < -0.4 is 10.1 Å². The van der Waals surface area contributed by atoms with Gasteiger partial charge in [-0.05, 0) is 60.9 Å². The van der Waals surface area contributed by atoms with Crippen molar-refractivity contribution in [2.24, 2.45) is 0 Å². The number of hydrogen-bond donors (Lipinski definition) is 1. The number of carbonyl (C=O) groups excluding carboxylic acids is 1. The lowest BCUT2D eigenvalue weighted by Crippen LogP contribution is -2.14. The molecule has 32 heavy (non-hydrogen) atoms. The van der Waals surface area contributed by atoms with Gasteiger partial charge in [-0.3, -0.25) is 4.79 Å². The molecule has 0 unspecified atom stereocenters. The summed E-state index contributed by atoms with van der Waals surface area (Å²) in [4.78, 5) is 12.7. The van der Waals surface area contributed by atoms with E-state index in [1.54, 1.807) is 30.3 Å². The van der Waals surface area contributed by atoms with Crippen molar-refractivity contribution in [3.8, 4) is 11.8 Å². The highest BCUT2D eigenvalue weighted by Crippen LogP contribution is 2.32. The molecule has 1 amide bonds. The number of carbonyl (C=O) groups is 1. The topological polar surface area (TPSA) is 62.1 Å². The summed E-state index contributed by atoms with van der Waals surface area (Å²) in [5.74, 6) is -0.258. The first-order valence-electron chi connectivity index (χ1n) is 9.92. The minimum absolute atomic E-state index is 0.0409. The van der Waals surface area contributed by atoms with Gasteiger partial charge in [0.1, 0.15) is 23.2 Å². The summed E-state index contributed by atoms with van der Waals surface area (Å²) in [5.41, 5.74) is 4.54. The van der Waals surface area contributed by atoms with E-state index in [0.717, 1.165) is 16.7 Å². The average molecular weight is 493 g/mol. The van der Waals surface area contributed by atoms with Crippen LogP contribution >= 0.6 is 15.9 Å². The molecule has 6 heteroatoms. The maximum absolute atomic E-state index is 14.1. The number of amides is 1. The molecule has 0 saturated heterocycles. The van der Waals surface area contributed by atoms with Gasteiger partial charge in [0, 0.05) is 22.1 Å². The zero-order valence-electron chi connectivity index (χ0n) is 18.0. The minimum atomic E-state index is -0.495. The van der Waals surface area contributed by atoms with Crippen molar-refractivity contribution >= 4 is 33.6 Å². The summed E-state index contributed by atoms with van der Waals surface area (Å²) in [6, 6.07) is 17.7. The van der Waals surface area contributed by atoms with Crippen molar-refractivity contribution < 1.29 is 13.9 Å². The van der Waals surface area contributed by atoms with E-state index in [4.69, 9.17) is 4.74 Å². The fourth-order valence-corrected chi connectivity index (χ4v) is 3.96. The molecule has 0 bridgehead atoms. The summed E-state index contributed by atoms with van der Waals surface area (Å²) in [5, 5.41) is 12.3. The average Bonchev–Trinajstić information content (AvgIpc) is 2.76. The summed E-state index contributed by atoms with van der Waals surface area (Å²) < 4.78 is 20.3. The van der Waals surface area contributed by atoms with Gasteiger partial charge in [-0.25, -0.2) is 4.39 Å². The van der Waals surface area contributed by atoms with E-state index in [1.165, 1.54) is 19.3 Å². The number of anilines is 1. The Morgan fingerprint density at radius 3 is 2.59 bits per heavy atom. The highest BCUT2D eigenvalue weighted by Gasteiger charge is 2.15. The van der Waals surface area contributed by atoms with Gasteiger partial charge in [-0.1, -0.05) is 51.8 Å². The van der Waals surface area contributed by atoms with Crippen molar-refractivity contribution in [1.29, 1.82) is 5.26 Å². The number of nitrogens with one attached hydrogen (secondary N) is 1. The zero-order chi connectivity index (χ0) is 23.3. The Kier molecular flexibility index (Phi) is 7.45. The fourth-order valence-electron chi connectivity index (χ4n) is 3.36. The van der Waals surface area contributed by atoms with Gasteiger partial charge in [-0.15, -0.1) is 0 Å². The van der Waals surface area contributed by atoms with Crippen molar-refractivity contribution in [2.75, 3.05) is 12.4 Å². The number of rotatable bonds is 6. The van der Waals surface area contributed by atoms with Crippen molar-refractivity contribution in [3.05, 3.63) is 98.3 Å². The van der Waals surface area contributed by atoms with E-state index < -0.39 is 5.91 Å². The first-order valence-corrected chi connectivity index (χ1v) is 10.7. The van der Waals surface area contributed by atoms with Gasteiger partial charge in [-0.2, -0.15) is 5.26 Å². The quantitative estimate of drug-likeness (QED) is 0.322. The third kappa shape index (κ3) is 5.43. The molecule has 0 fully saturated rings. The second kappa shape index (κ2) is 10.3. The van der Waals surface area contributed by atoms with E-state index in [0.29, 0.717) is 33.5 Å². The minimum Gasteiger partial charge on any atom is -0.496 e. The van der Waals surface area contributed by atoms with Crippen LogP contribution in [0.15, 0.2) is 64.6 Å². The molecule has 0 aromatic heterocycles. The molecule has 0 aliphatic carbocycles. The molecule has 0 atom stereocenters. The molecule has 3 rings (SSSR count). The van der Waals surface area contributed by atoms with Crippen molar-refractivity contribution in [3.63, 3.8) is 0 Å². The maximum atomic E-state index is 14.1. The monoisotopic (exact) mass is 492 g/mol. The van der Waals surface area contributed by atoms with Crippen LogP contribution in [0.1, 0.15) is 27.8 Å². The lowest BCUT2D eigenvalue weighted by atomic mass is 10.0. The highest BCUT2D eigenvalue weighted by molar-refractivity contribution is 9.10. The molecular formula is C26H22BrFN2O2. The number of hydrogen-bond acceptors (Lipinski definition) is 3. The molecule has 0 aliphatic rings. The zero-order valence-corrected chi connectivity index (χ0v) is 19.6. The Morgan fingerprint density at radius 2 is 1.94 bits per heavy atom. The maximum Gasteiger partial charge on any atom is 0.266 e. The van der Waals surface area contributed by atoms with E-state index >= 15 is 0 Å². The molecule has 162 valence electrons. The third-order valence-corrected chi connectivity index (χ3v) is 5.74. The van der Waals surface area contributed by atoms with Crippen LogP contribution in [0.5, 0.6) is 5.75 Å². The number of methoxy groups -OCH3 is 1. The largest absolute Gasteiger partial charge is 0.496 e. The van der Waals surface area contributed by atoms with Crippen LogP contribution in [0.4, 0.5) is 10.1 Å². The molecule has 0 heterocycles. The predicted molar refractivity (Wildman–Crippen MR) is 128 cm³/mol. The lowest BCUT2D eigenvalue weighted by Gasteiger charge is -2.13. The fraction of sp³-hybridized carbons (Fsp3) is 0.154. The molecule has 1 N–H and O–H groups in total. The second-order valence-corrected chi connectivity index (χ2v) is 8.25. The van der Waals surface area contributed by atoms with Crippen molar-refractivity contribution in [2.45, 2.75) is 20.3 Å². The molecular weight excluding hydrogens is 471 g/mol. The summed E-state index contributed by atoms with van der Waals surface area (Å²) in [6.07, 6.45) is 1.83. The first-order chi connectivity index (χ1) is 15.3. The molecule has 3 aromatic rings. The first kappa shape index (κ1) is 23.2. The Bertz CT molecular complexity index is 1250. The second-order valence-electron chi connectivity index (χ2n) is 7.39. The molecule has 0 aliphatic heterocycles. The van der Waals surface area contributed by atoms with E-state index in [1.807, 2.05) is 38.1 Å². The van der Waals surface area contributed by atoms with Gasteiger partial charge in [0.25, 0.3) is 5.91 Å². The standard InChI is InChI=1S/C26H22BrFN2O2/c1-16-8-9-24(17(2)10-16)30-26(31)20(15-29)11-18-12-22(27)21(25(13-18)32-3)14-19-6-4-5-7-23(19)28/h4-13H,14H2,1-3H3,(H,30,31)/b20-11+. The molecule has 0 saturated carbocycles. The van der Waals surface area contributed by atoms with Gasteiger partial charge in [0.15, 0.2) is 0 Å². The Morgan fingerprint density at radius 1 is 1.19 bits per heavy atom. The highest BCUT2D eigenvalue weighted by atomic mass is 79.9. The van der Waals surface area contributed by atoms with E-state index in [-0.39, 0.29) is 11.4 Å². The molecule has 4 nitrogen and oxygen atoms in total. The Hall–Kier alpha value is -3.43. The number of benzene rings is 3. The van der Waals surface area contributed by atoms with Crippen LogP contribution in [0.25, 0.3) is 6.08 Å². The van der Waals surface area contributed by atoms with Gasteiger partial charge in [0.05, 0.1) is 7.11 Å². The van der Waals surface area contributed by atoms with Crippen LogP contribution in [-0.2, 0) is 11.2 Å². The number of nitrogens with zero attached hydrogens (tertiary/aromatic N) is 1. The van der Waals surface area contributed by atoms with E-state index in [2.05, 4.69) is 21.2 Å². The number of ether oxygens (including phenoxy) is 1. The van der Waals surface area contributed by atoms with Crippen LogP contribution in [-0.4, -0.2) is 13.0 Å². The summed E-state index contributed by atoms with van der Waals surface area (Å²) in [6.45, 7) is 3.87. The Balaban J connectivity index is 1.90. The normalized spacial score (nSPS) is 11.1. The van der Waals surface area contributed by atoms with E-state index in [9.17, 15) is 14.4 Å². The van der Waals surface area contributed by atoms with Gasteiger partial charge < -0.3 is 10.1 Å².